The molecule has 1 fully saturated rings. The number of carbonyl (C=O) groups is 1. The van der Waals surface area contributed by atoms with E-state index in [2.05, 4.69) is 0 Å². The molecule has 2 nitrogen and oxygen atoms in total. The fourth-order valence-corrected chi connectivity index (χ4v) is 2.69. The van der Waals surface area contributed by atoms with Crippen LogP contribution >= 0.6 is 23.5 Å². The molecule has 1 heterocycles. The third-order valence-corrected chi connectivity index (χ3v) is 3.96. The van der Waals surface area contributed by atoms with Crippen molar-refractivity contribution in [3.8, 4) is 0 Å². The van der Waals surface area contributed by atoms with E-state index < -0.39 is 45.1 Å². The van der Waals surface area contributed by atoms with Gasteiger partial charge in [0.25, 0.3) is 0 Å². The molecule has 0 atom stereocenters. The van der Waals surface area contributed by atoms with Crippen LogP contribution in [0.15, 0.2) is 4.90 Å². The van der Waals surface area contributed by atoms with Crippen molar-refractivity contribution in [3.05, 3.63) is 29.1 Å². The minimum atomic E-state index is -2.20. The van der Waals surface area contributed by atoms with Gasteiger partial charge in [-0.2, -0.15) is 0 Å². The Morgan fingerprint density at radius 3 is 1.84 bits per heavy atom. The van der Waals surface area contributed by atoms with E-state index in [0.29, 0.717) is 11.9 Å². The summed E-state index contributed by atoms with van der Waals surface area (Å²) in [7, 11) is 0. The van der Waals surface area contributed by atoms with E-state index in [1.807, 2.05) is 0 Å². The van der Waals surface area contributed by atoms with Gasteiger partial charge in [-0.15, -0.1) is 0 Å². The summed E-state index contributed by atoms with van der Waals surface area (Å²) in [6, 6.07) is 0. The maximum Gasteiger partial charge on any atom is 0.227 e. The Bertz CT molecular complexity index is 520. The van der Waals surface area contributed by atoms with Gasteiger partial charge in [-0.1, -0.05) is 0 Å². The van der Waals surface area contributed by atoms with E-state index in [9.17, 15) is 26.7 Å². The first-order chi connectivity index (χ1) is 8.82. The summed E-state index contributed by atoms with van der Waals surface area (Å²) in [6.07, 6.45) is 0. The van der Waals surface area contributed by atoms with Crippen molar-refractivity contribution in [2.45, 2.75) is 4.90 Å². The van der Waals surface area contributed by atoms with Crippen LogP contribution in [0.5, 0.6) is 0 Å². The topological polar surface area (TPSA) is 20.3 Å². The van der Waals surface area contributed by atoms with Crippen LogP contribution in [0.2, 0.25) is 0 Å². The van der Waals surface area contributed by atoms with Gasteiger partial charge in [0.1, 0.15) is 4.90 Å². The molecule has 9 heteroatoms. The van der Waals surface area contributed by atoms with Crippen LogP contribution in [0.4, 0.5) is 22.0 Å². The normalized spacial score (nSPS) is 16.5. The number of hydrogen-bond acceptors (Lipinski definition) is 3. The molecule has 0 unspecified atom stereocenters. The van der Waals surface area contributed by atoms with Gasteiger partial charge in [-0.05, 0) is 23.5 Å². The third-order valence-electron chi connectivity index (χ3n) is 2.56. The molecule has 0 aliphatic carbocycles. The lowest BCUT2D eigenvalue weighted by Gasteiger charge is -2.35. The highest BCUT2D eigenvalue weighted by Gasteiger charge is 2.35. The van der Waals surface area contributed by atoms with Gasteiger partial charge in [0.15, 0.2) is 23.3 Å². The molecule has 0 saturated carbocycles. The van der Waals surface area contributed by atoms with Gasteiger partial charge in [-0.25, -0.2) is 26.3 Å². The first-order valence-corrected chi connectivity index (χ1v) is 6.11. The molecule has 19 heavy (non-hydrogen) atoms. The van der Waals surface area contributed by atoms with Crippen molar-refractivity contribution in [3.63, 3.8) is 0 Å². The highest BCUT2D eigenvalue weighted by Crippen LogP contribution is 2.36. The quantitative estimate of drug-likeness (QED) is 0.281. The molecule has 2 rings (SSSR count). The highest BCUT2D eigenvalue weighted by molar-refractivity contribution is 7.97. The molecule has 0 radical (unpaired) electrons. The second kappa shape index (κ2) is 5.26. The second-order valence-electron chi connectivity index (χ2n) is 3.84. The SMILES string of the molecule is O=C(Cl)C1CN(Sc2c(F)c(F)c(F)c(F)c2F)C1. The van der Waals surface area contributed by atoms with Crippen molar-refractivity contribution in [2.24, 2.45) is 5.92 Å². The number of halogens is 6. The second-order valence-corrected chi connectivity index (χ2v) is 5.32. The minimum Gasteiger partial charge on any atom is -0.281 e. The summed E-state index contributed by atoms with van der Waals surface area (Å²) < 4.78 is 66.5. The largest absolute Gasteiger partial charge is 0.281 e. The molecular formula is C10H5ClF5NOS. The Hall–Kier alpha value is -0.860. The molecular weight excluding hydrogens is 313 g/mol. The number of nitrogens with zero attached hydrogens (tertiary/aromatic N) is 1. The molecule has 0 amide bonds. The molecule has 104 valence electrons. The Kier molecular flexibility index (Phi) is 4.03. The van der Waals surface area contributed by atoms with E-state index in [1.165, 1.54) is 4.31 Å². The van der Waals surface area contributed by atoms with E-state index in [-0.39, 0.29) is 13.1 Å². The maximum atomic E-state index is 13.3. The van der Waals surface area contributed by atoms with Gasteiger partial charge in [0.2, 0.25) is 11.1 Å². The lowest BCUT2D eigenvalue weighted by atomic mass is 10.1. The number of hydrogen-bond donors (Lipinski definition) is 0. The smallest absolute Gasteiger partial charge is 0.227 e. The minimum absolute atomic E-state index is 0.0898. The Labute approximate surface area is 113 Å². The summed E-state index contributed by atoms with van der Waals surface area (Å²) in [6.45, 7) is 0.180. The lowest BCUT2D eigenvalue weighted by Crippen LogP contribution is -2.45. The zero-order chi connectivity index (χ0) is 14.3. The van der Waals surface area contributed by atoms with Gasteiger partial charge in [0.05, 0.1) is 5.92 Å². The molecule has 1 aromatic rings. The molecule has 0 N–H and O–H groups in total. The Morgan fingerprint density at radius 1 is 1.00 bits per heavy atom. The summed E-state index contributed by atoms with van der Waals surface area (Å²) >= 11 is 5.56. The van der Waals surface area contributed by atoms with Crippen molar-refractivity contribution in [1.82, 2.24) is 4.31 Å². The summed E-state index contributed by atoms with van der Waals surface area (Å²) in [4.78, 5) is 9.73. The molecule has 0 spiro atoms. The predicted octanol–water partition coefficient (Wildman–Crippen LogP) is 3.09. The van der Waals surface area contributed by atoms with Crippen LogP contribution < -0.4 is 0 Å². The summed E-state index contributed by atoms with van der Waals surface area (Å²) in [5, 5.41) is -0.603. The van der Waals surface area contributed by atoms with Crippen LogP contribution in [-0.4, -0.2) is 22.6 Å². The summed E-state index contributed by atoms with van der Waals surface area (Å²) in [5.74, 6) is -10.4. The van der Waals surface area contributed by atoms with E-state index in [1.54, 1.807) is 0 Å². The van der Waals surface area contributed by atoms with Crippen molar-refractivity contribution >= 4 is 28.8 Å². The van der Waals surface area contributed by atoms with Crippen molar-refractivity contribution in [1.29, 1.82) is 0 Å². The van der Waals surface area contributed by atoms with Crippen molar-refractivity contribution in [2.75, 3.05) is 13.1 Å². The first kappa shape index (κ1) is 14.5. The Balaban J connectivity index is 2.21. The average Bonchev–Trinajstić information content (AvgIpc) is 2.31. The van der Waals surface area contributed by atoms with Crippen LogP contribution in [0.1, 0.15) is 0 Å². The highest BCUT2D eigenvalue weighted by atomic mass is 35.5. The maximum absolute atomic E-state index is 13.3. The zero-order valence-corrected chi connectivity index (χ0v) is 10.6. The number of benzene rings is 1. The van der Waals surface area contributed by atoms with Gasteiger partial charge in [-0.3, -0.25) is 4.79 Å². The van der Waals surface area contributed by atoms with Gasteiger partial charge >= 0.3 is 0 Å². The van der Waals surface area contributed by atoms with Crippen LogP contribution in [0, 0.1) is 35.0 Å². The monoisotopic (exact) mass is 317 g/mol. The van der Waals surface area contributed by atoms with E-state index in [4.69, 9.17) is 11.6 Å². The predicted molar refractivity (Wildman–Crippen MR) is 58.0 cm³/mol. The third kappa shape index (κ3) is 2.56. The molecule has 0 aromatic heterocycles. The van der Waals surface area contributed by atoms with Gasteiger partial charge in [0, 0.05) is 13.1 Å². The Morgan fingerprint density at radius 2 is 1.42 bits per heavy atom. The fourth-order valence-electron chi connectivity index (χ4n) is 1.45. The molecule has 1 saturated heterocycles. The van der Waals surface area contributed by atoms with Crippen LogP contribution in [0.25, 0.3) is 0 Å². The number of carbonyl (C=O) groups excluding carboxylic acids is 1. The van der Waals surface area contributed by atoms with Crippen LogP contribution in [-0.2, 0) is 4.79 Å². The number of rotatable bonds is 3. The lowest BCUT2D eigenvalue weighted by molar-refractivity contribution is -0.117. The average molecular weight is 318 g/mol. The summed E-state index contributed by atoms with van der Waals surface area (Å²) in [5.41, 5.74) is 0. The molecule has 1 aliphatic heterocycles. The van der Waals surface area contributed by atoms with Gasteiger partial charge < -0.3 is 0 Å². The van der Waals surface area contributed by atoms with E-state index >= 15 is 0 Å². The molecule has 0 bridgehead atoms. The van der Waals surface area contributed by atoms with E-state index in [0.717, 1.165) is 0 Å². The van der Waals surface area contributed by atoms with Crippen LogP contribution in [0.3, 0.4) is 0 Å². The zero-order valence-electron chi connectivity index (χ0n) is 9.02. The molecule has 1 aromatic carbocycles. The first-order valence-electron chi connectivity index (χ1n) is 4.96. The standard InChI is InChI=1S/C10H5ClF5NOS/c11-10(18)3-1-17(2-3)19-9-7(15)5(13)4(12)6(14)8(9)16/h3H,1-2H2. The molecule has 1 aliphatic rings. The fraction of sp³-hybridized carbons (Fsp3) is 0.300. The van der Waals surface area contributed by atoms with Crippen molar-refractivity contribution < 1.29 is 26.7 Å².